The van der Waals surface area contributed by atoms with Gasteiger partial charge in [0.15, 0.2) is 0 Å². The number of benzene rings is 1. The van der Waals surface area contributed by atoms with Crippen molar-refractivity contribution in [2.24, 2.45) is 0 Å². The lowest BCUT2D eigenvalue weighted by Gasteiger charge is -2.31. The number of nitrogens with zero attached hydrogens (tertiary/aromatic N) is 3. The van der Waals surface area contributed by atoms with E-state index in [1.165, 1.54) is 18.4 Å². The first-order valence-electron chi connectivity index (χ1n) is 8.89. The fourth-order valence-corrected chi connectivity index (χ4v) is 3.73. The summed E-state index contributed by atoms with van der Waals surface area (Å²) < 4.78 is 5.39. The minimum atomic E-state index is 0.448. The summed E-state index contributed by atoms with van der Waals surface area (Å²) in [4.78, 5) is 15.2. The molecule has 1 fully saturated rings. The third-order valence-electron chi connectivity index (χ3n) is 4.99. The molecule has 2 aromatic heterocycles. The zero-order chi connectivity index (χ0) is 17.2. The van der Waals surface area contributed by atoms with Gasteiger partial charge in [-0.15, -0.1) is 0 Å². The van der Waals surface area contributed by atoms with Gasteiger partial charge in [-0.2, -0.15) is 0 Å². The van der Waals surface area contributed by atoms with Gasteiger partial charge in [0.2, 0.25) is 5.88 Å². The van der Waals surface area contributed by atoms with Gasteiger partial charge in [0.05, 0.1) is 18.1 Å². The van der Waals surface area contributed by atoms with Crippen molar-refractivity contribution >= 4 is 11.0 Å². The SMILES string of the molecule is COc1ncccc1CN1CCCC(c2nc3ccc(C)cc3[nH]2)C1. The fourth-order valence-electron chi connectivity index (χ4n) is 3.73. The van der Waals surface area contributed by atoms with Crippen molar-refractivity contribution in [1.82, 2.24) is 19.9 Å². The van der Waals surface area contributed by atoms with Crippen LogP contribution in [0.15, 0.2) is 36.5 Å². The molecule has 0 radical (unpaired) electrons. The van der Waals surface area contributed by atoms with Crippen LogP contribution in [0.2, 0.25) is 0 Å². The smallest absolute Gasteiger partial charge is 0.217 e. The topological polar surface area (TPSA) is 54.0 Å². The number of hydrogen-bond acceptors (Lipinski definition) is 4. The summed E-state index contributed by atoms with van der Waals surface area (Å²) >= 11 is 0. The van der Waals surface area contributed by atoms with Crippen LogP contribution in [0, 0.1) is 6.92 Å². The highest BCUT2D eigenvalue weighted by Gasteiger charge is 2.24. The molecular formula is C20H24N4O. The number of fused-ring (bicyclic) bond motifs is 1. The van der Waals surface area contributed by atoms with Crippen LogP contribution in [0.25, 0.3) is 11.0 Å². The van der Waals surface area contributed by atoms with E-state index in [2.05, 4.69) is 46.1 Å². The zero-order valence-electron chi connectivity index (χ0n) is 14.8. The Bertz CT molecular complexity index is 873. The van der Waals surface area contributed by atoms with Crippen LogP contribution in [0.1, 0.15) is 35.7 Å². The van der Waals surface area contributed by atoms with Crippen molar-refractivity contribution in [2.75, 3.05) is 20.2 Å². The van der Waals surface area contributed by atoms with E-state index in [1.807, 2.05) is 6.07 Å². The van der Waals surface area contributed by atoms with Crippen LogP contribution in [0.4, 0.5) is 0 Å². The average molecular weight is 336 g/mol. The van der Waals surface area contributed by atoms with Gasteiger partial charge in [0.1, 0.15) is 5.82 Å². The molecule has 0 amide bonds. The van der Waals surface area contributed by atoms with E-state index in [-0.39, 0.29) is 0 Å². The lowest BCUT2D eigenvalue weighted by molar-refractivity contribution is 0.194. The van der Waals surface area contributed by atoms with Gasteiger partial charge in [-0.05, 0) is 50.1 Å². The molecule has 1 unspecified atom stereocenters. The quantitative estimate of drug-likeness (QED) is 0.790. The van der Waals surface area contributed by atoms with Gasteiger partial charge in [0, 0.05) is 30.8 Å². The van der Waals surface area contributed by atoms with Crippen molar-refractivity contribution in [3.8, 4) is 5.88 Å². The number of H-pyrrole nitrogens is 1. The number of methoxy groups -OCH3 is 1. The number of pyridine rings is 1. The first kappa shape index (κ1) is 16.1. The van der Waals surface area contributed by atoms with Crippen LogP contribution in [0.3, 0.4) is 0 Å². The van der Waals surface area contributed by atoms with Crippen molar-refractivity contribution in [1.29, 1.82) is 0 Å². The van der Waals surface area contributed by atoms with Crippen molar-refractivity contribution < 1.29 is 4.74 Å². The van der Waals surface area contributed by atoms with E-state index in [9.17, 15) is 0 Å². The highest BCUT2D eigenvalue weighted by molar-refractivity contribution is 5.75. The molecule has 1 N–H and O–H groups in total. The Morgan fingerprint density at radius 1 is 1.32 bits per heavy atom. The summed E-state index contributed by atoms with van der Waals surface area (Å²) in [5.41, 5.74) is 4.61. The van der Waals surface area contributed by atoms with Gasteiger partial charge in [-0.1, -0.05) is 12.1 Å². The molecule has 1 aliphatic heterocycles. The van der Waals surface area contributed by atoms with Crippen LogP contribution < -0.4 is 4.74 Å². The number of rotatable bonds is 4. The molecule has 0 saturated carbocycles. The zero-order valence-corrected chi connectivity index (χ0v) is 14.8. The Morgan fingerprint density at radius 2 is 2.24 bits per heavy atom. The van der Waals surface area contributed by atoms with Crippen molar-refractivity contribution in [2.45, 2.75) is 32.2 Å². The standard InChI is InChI=1S/C20H24N4O/c1-14-7-8-17-18(11-14)23-19(22-17)15-6-4-10-24(12-15)13-16-5-3-9-21-20(16)25-2/h3,5,7-9,11,15H,4,6,10,12-13H2,1-2H3,(H,22,23). The Hall–Kier alpha value is -2.40. The summed E-state index contributed by atoms with van der Waals surface area (Å²) in [5, 5.41) is 0. The minimum absolute atomic E-state index is 0.448. The minimum Gasteiger partial charge on any atom is -0.481 e. The van der Waals surface area contributed by atoms with Gasteiger partial charge in [-0.25, -0.2) is 9.97 Å². The number of ether oxygens (including phenoxy) is 1. The molecule has 25 heavy (non-hydrogen) atoms. The first-order valence-corrected chi connectivity index (χ1v) is 8.89. The molecule has 0 aliphatic carbocycles. The Balaban J connectivity index is 1.52. The van der Waals surface area contributed by atoms with E-state index >= 15 is 0 Å². The molecule has 1 atom stereocenters. The number of hydrogen-bond donors (Lipinski definition) is 1. The number of imidazole rings is 1. The van der Waals surface area contributed by atoms with Gasteiger partial charge in [0.25, 0.3) is 0 Å². The number of likely N-dealkylation sites (tertiary alicyclic amines) is 1. The van der Waals surface area contributed by atoms with Gasteiger partial charge < -0.3 is 9.72 Å². The monoisotopic (exact) mass is 336 g/mol. The highest BCUT2D eigenvalue weighted by Crippen LogP contribution is 2.28. The van der Waals surface area contributed by atoms with Crippen LogP contribution in [0.5, 0.6) is 5.88 Å². The molecule has 130 valence electrons. The van der Waals surface area contributed by atoms with Gasteiger partial charge >= 0.3 is 0 Å². The maximum Gasteiger partial charge on any atom is 0.217 e. The molecule has 3 heterocycles. The highest BCUT2D eigenvalue weighted by atomic mass is 16.5. The number of aromatic amines is 1. The molecule has 4 rings (SSSR count). The van der Waals surface area contributed by atoms with Gasteiger partial charge in [-0.3, -0.25) is 4.90 Å². The normalized spacial score (nSPS) is 18.6. The summed E-state index contributed by atoms with van der Waals surface area (Å²) in [5.74, 6) is 2.29. The Morgan fingerprint density at radius 3 is 3.12 bits per heavy atom. The number of nitrogens with one attached hydrogen (secondary N) is 1. The third kappa shape index (κ3) is 3.37. The molecule has 3 aromatic rings. The summed E-state index contributed by atoms with van der Waals surface area (Å²) in [6.07, 6.45) is 4.14. The fraction of sp³-hybridized carbons (Fsp3) is 0.400. The van der Waals surface area contributed by atoms with Crippen molar-refractivity contribution in [3.63, 3.8) is 0 Å². The molecule has 1 aromatic carbocycles. The van der Waals surface area contributed by atoms with E-state index < -0.39 is 0 Å². The summed E-state index contributed by atoms with van der Waals surface area (Å²) in [7, 11) is 1.68. The second-order valence-electron chi connectivity index (χ2n) is 6.89. The number of aryl methyl sites for hydroxylation is 1. The van der Waals surface area contributed by atoms with E-state index in [1.54, 1.807) is 13.3 Å². The molecule has 1 aliphatic rings. The first-order chi connectivity index (χ1) is 12.2. The molecule has 0 bridgehead atoms. The van der Waals surface area contributed by atoms with Crippen LogP contribution in [-0.2, 0) is 6.54 Å². The maximum absolute atomic E-state index is 5.39. The van der Waals surface area contributed by atoms with Crippen LogP contribution >= 0.6 is 0 Å². The second-order valence-corrected chi connectivity index (χ2v) is 6.89. The predicted octanol–water partition coefficient (Wildman–Crippen LogP) is 3.65. The van der Waals surface area contributed by atoms with Crippen LogP contribution in [-0.4, -0.2) is 40.1 Å². The predicted molar refractivity (Wildman–Crippen MR) is 98.9 cm³/mol. The maximum atomic E-state index is 5.39. The largest absolute Gasteiger partial charge is 0.481 e. The molecule has 1 saturated heterocycles. The van der Waals surface area contributed by atoms with Crippen molar-refractivity contribution in [3.05, 3.63) is 53.5 Å². The Labute approximate surface area is 148 Å². The number of aromatic nitrogens is 3. The third-order valence-corrected chi connectivity index (χ3v) is 4.99. The lowest BCUT2D eigenvalue weighted by atomic mass is 9.97. The number of piperidine rings is 1. The summed E-state index contributed by atoms with van der Waals surface area (Å²) in [6.45, 7) is 5.10. The molecule has 5 heteroatoms. The second kappa shape index (κ2) is 6.84. The van der Waals surface area contributed by atoms with E-state index in [4.69, 9.17) is 9.72 Å². The molecule has 0 spiro atoms. The lowest BCUT2D eigenvalue weighted by Crippen LogP contribution is -2.34. The molecular weight excluding hydrogens is 312 g/mol. The average Bonchev–Trinajstić information content (AvgIpc) is 3.05. The summed E-state index contributed by atoms with van der Waals surface area (Å²) in [6, 6.07) is 10.5. The van der Waals surface area contributed by atoms with E-state index in [0.717, 1.165) is 47.9 Å². The van der Waals surface area contributed by atoms with E-state index in [0.29, 0.717) is 5.92 Å². The Kier molecular flexibility index (Phi) is 4.40. The molecule has 5 nitrogen and oxygen atoms in total.